The summed E-state index contributed by atoms with van der Waals surface area (Å²) in [6.07, 6.45) is 3.15. The first kappa shape index (κ1) is 20.7. The minimum absolute atomic E-state index is 0.0924. The zero-order valence-electron chi connectivity index (χ0n) is 16.6. The molecule has 0 radical (unpaired) electrons. The molecule has 1 N–H and O–H groups in total. The minimum atomic E-state index is -0.112. The van der Waals surface area contributed by atoms with Crippen LogP contribution in [-0.4, -0.2) is 28.7 Å². The number of ether oxygens (including phenoxy) is 2. The smallest absolute Gasteiger partial charge is 0.252 e. The van der Waals surface area contributed by atoms with Crippen molar-refractivity contribution in [2.24, 2.45) is 0 Å². The summed E-state index contributed by atoms with van der Waals surface area (Å²) in [5.41, 5.74) is 2.15. The molecule has 1 heterocycles. The number of carbonyl (C=O) groups is 1. The van der Waals surface area contributed by atoms with Crippen molar-refractivity contribution in [1.29, 1.82) is 0 Å². The quantitative estimate of drug-likeness (QED) is 0.550. The van der Waals surface area contributed by atoms with Crippen LogP contribution in [0.5, 0.6) is 17.4 Å². The number of thioether (sulfide) groups is 1. The number of benzene rings is 2. The lowest BCUT2D eigenvalue weighted by atomic mass is 10.1. The van der Waals surface area contributed by atoms with Gasteiger partial charge in [-0.15, -0.1) is 0 Å². The summed E-state index contributed by atoms with van der Waals surface area (Å²) in [4.78, 5) is 20.9. The van der Waals surface area contributed by atoms with Gasteiger partial charge in [0.2, 0.25) is 5.91 Å². The number of rotatable bonds is 8. The Labute approximate surface area is 174 Å². The minimum Gasteiger partial charge on any atom is -0.497 e. The van der Waals surface area contributed by atoms with Crippen molar-refractivity contribution in [2.75, 3.05) is 12.9 Å². The molecule has 0 saturated heterocycles. The van der Waals surface area contributed by atoms with Crippen molar-refractivity contribution < 1.29 is 14.3 Å². The summed E-state index contributed by atoms with van der Waals surface area (Å²) in [6, 6.07) is 15.2. The fourth-order valence-corrected chi connectivity index (χ4v) is 3.30. The van der Waals surface area contributed by atoms with E-state index in [0.29, 0.717) is 16.7 Å². The Morgan fingerprint density at radius 1 is 1.03 bits per heavy atom. The van der Waals surface area contributed by atoms with Crippen molar-refractivity contribution in [2.45, 2.75) is 24.9 Å². The molecule has 3 aromatic rings. The van der Waals surface area contributed by atoms with Gasteiger partial charge >= 0.3 is 0 Å². The molecule has 0 fully saturated rings. The molecule has 1 atom stereocenters. The van der Waals surface area contributed by atoms with Crippen molar-refractivity contribution in [3.63, 3.8) is 0 Å². The summed E-state index contributed by atoms with van der Waals surface area (Å²) in [5, 5.41) is 3.56. The monoisotopic (exact) mass is 409 g/mol. The van der Waals surface area contributed by atoms with Crippen LogP contribution in [-0.2, 0) is 4.79 Å². The molecule has 2 aromatic carbocycles. The number of nitrogens with one attached hydrogen (secondary N) is 1. The number of hydrogen-bond acceptors (Lipinski definition) is 6. The van der Waals surface area contributed by atoms with Crippen molar-refractivity contribution in [3.05, 3.63) is 72.1 Å². The molecule has 1 amide bonds. The van der Waals surface area contributed by atoms with Gasteiger partial charge in [0.15, 0.2) is 5.03 Å². The van der Waals surface area contributed by atoms with Crippen LogP contribution in [0.25, 0.3) is 0 Å². The standard InChI is InChI=1S/C22H23N3O3S/c1-15-4-8-19(9-5-15)28-21-22(24-13-12-23-21)29-14-20(26)25-16(2)17-6-10-18(27-3)11-7-17/h4-13,16H,14H2,1-3H3,(H,25,26). The lowest BCUT2D eigenvalue weighted by Gasteiger charge is -2.15. The largest absolute Gasteiger partial charge is 0.497 e. The normalized spacial score (nSPS) is 11.6. The van der Waals surface area contributed by atoms with E-state index < -0.39 is 0 Å². The van der Waals surface area contributed by atoms with Crippen LogP contribution in [0.4, 0.5) is 0 Å². The predicted octanol–water partition coefficient (Wildman–Crippen LogP) is 4.56. The highest BCUT2D eigenvalue weighted by molar-refractivity contribution is 8.00. The highest BCUT2D eigenvalue weighted by Gasteiger charge is 2.14. The van der Waals surface area contributed by atoms with Gasteiger partial charge in [0.1, 0.15) is 11.5 Å². The maximum Gasteiger partial charge on any atom is 0.252 e. The van der Waals surface area contributed by atoms with E-state index in [1.165, 1.54) is 11.8 Å². The Bertz CT molecular complexity index is 946. The Morgan fingerprint density at radius 3 is 2.38 bits per heavy atom. The molecule has 7 heteroatoms. The van der Waals surface area contributed by atoms with Crippen LogP contribution < -0.4 is 14.8 Å². The summed E-state index contributed by atoms with van der Waals surface area (Å²) in [6.45, 7) is 3.96. The average molecular weight is 410 g/mol. The number of carbonyl (C=O) groups excluding carboxylic acids is 1. The van der Waals surface area contributed by atoms with Gasteiger partial charge in [0, 0.05) is 12.4 Å². The summed E-state index contributed by atoms with van der Waals surface area (Å²) < 4.78 is 11.0. The van der Waals surface area contributed by atoms with Gasteiger partial charge in [-0.05, 0) is 43.7 Å². The second-order valence-corrected chi connectivity index (χ2v) is 7.40. The van der Waals surface area contributed by atoms with Crippen LogP contribution in [0.1, 0.15) is 24.1 Å². The summed E-state index contributed by atoms with van der Waals surface area (Å²) in [7, 11) is 1.63. The second-order valence-electron chi connectivity index (χ2n) is 6.43. The molecule has 1 aromatic heterocycles. The molecule has 3 rings (SSSR count). The van der Waals surface area contributed by atoms with E-state index in [1.807, 2.05) is 62.4 Å². The van der Waals surface area contributed by atoms with Gasteiger partial charge in [-0.25, -0.2) is 9.97 Å². The molecular formula is C22H23N3O3S. The molecule has 0 bridgehead atoms. The van der Waals surface area contributed by atoms with E-state index in [2.05, 4.69) is 15.3 Å². The van der Waals surface area contributed by atoms with Crippen molar-refractivity contribution >= 4 is 17.7 Å². The van der Waals surface area contributed by atoms with Crippen LogP contribution in [0.15, 0.2) is 66.0 Å². The third-order valence-electron chi connectivity index (χ3n) is 4.20. The first-order chi connectivity index (χ1) is 14.0. The SMILES string of the molecule is COc1ccc(C(C)NC(=O)CSc2nccnc2Oc2ccc(C)cc2)cc1. The van der Waals surface area contributed by atoms with Gasteiger partial charge in [-0.3, -0.25) is 4.79 Å². The van der Waals surface area contributed by atoms with Crippen LogP contribution in [0, 0.1) is 6.92 Å². The highest BCUT2D eigenvalue weighted by atomic mass is 32.2. The van der Waals surface area contributed by atoms with E-state index in [4.69, 9.17) is 9.47 Å². The fraction of sp³-hybridized carbons (Fsp3) is 0.227. The number of hydrogen-bond donors (Lipinski definition) is 1. The molecule has 29 heavy (non-hydrogen) atoms. The number of aryl methyl sites for hydroxylation is 1. The fourth-order valence-electron chi connectivity index (χ4n) is 2.59. The van der Waals surface area contributed by atoms with Crippen molar-refractivity contribution in [3.8, 4) is 17.4 Å². The maximum absolute atomic E-state index is 12.4. The molecule has 6 nitrogen and oxygen atoms in total. The number of nitrogens with zero attached hydrogens (tertiary/aromatic N) is 2. The van der Waals surface area contributed by atoms with Crippen LogP contribution >= 0.6 is 11.8 Å². The Balaban J connectivity index is 1.57. The lowest BCUT2D eigenvalue weighted by Crippen LogP contribution is -2.28. The average Bonchev–Trinajstić information content (AvgIpc) is 2.74. The van der Waals surface area contributed by atoms with Gasteiger partial charge < -0.3 is 14.8 Å². The van der Waals surface area contributed by atoms with Gasteiger partial charge in [-0.1, -0.05) is 41.6 Å². The third kappa shape index (κ3) is 5.96. The Kier molecular flexibility index (Phi) is 7.08. The summed E-state index contributed by atoms with van der Waals surface area (Å²) in [5.74, 6) is 1.97. The lowest BCUT2D eigenvalue weighted by molar-refractivity contribution is -0.119. The Hall–Kier alpha value is -3.06. The topological polar surface area (TPSA) is 73.3 Å². The van der Waals surface area contributed by atoms with Crippen molar-refractivity contribution in [1.82, 2.24) is 15.3 Å². The molecule has 0 aliphatic carbocycles. The molecule has 0 aliphatic rings. The number of amides is 1. The molecule has 0 aliphatic heterocycles. The van der Waals surface area contributed by atoms with Crippen LogP contribution in [0.3, 0.4) is 0 Å². The highest BCUT2D eigenvalue weighted by Crippen LogP contribution is 2.29. The van der Waals surface area contributed by atoms with E-state index >= 15 is 0 Å². The van der Waals surface area contributed by atoms with E-state index in [-0.39, 0.29) is 17.7 Å². The number of aromatic nitrogens is 2. The molecule has 0 saturated carbocycles. The molecule has 1 unspecified atom stereocenters. The third-order valence-corrected chi connectivity index (χ3v) is 5.16. The second kappa shape index (κ2) is 9.93. The maximum atomic E-state index is 12.4. The summed E-state index contributed by atoms with van der Waals surface area (Å²) >= 11 is 1.29. The van der Waals surface area contributed by atoms with Gasteiger partial charge in [0.05, 0.1) is 18.9 Å². The van der Waals surface area contributed by atoms with E-state index in [1.54, 1.807) is 19.5 Å². The molecule has 150 valence electrons. The van der Waals surface area contributed by atoms with Gasteiger partial charge in [0.25, 0.3) is 5.88 Å². The zero-order valence-corrected chi connectivity index (χ0v) is 17.4. The Morgan fingerprint density at radius 2 is 1.69 bits per heavy atom. The first-order valence-electron chi connectivity index (χ1n) is 9.17. The first-order valence-corrected chi connectivity index (χ1v) is 10.2. The van der Waals surface area contributed by atoms with E-state index in [9.17, 15) is 4.79 Å². The van der Waals surface area contributed by atoms with Gasteiger partial charge in [-0.2, -0.15) is 0 Å². The molecule has 0 spiro atoms. The van der Waals surface area contributed by atoms with E-state index in [0.717, 1.165) is 16.9 Å². The van der Waals surface area contributed by atoms with Crippen LogP contribution in [0.2, 0.25) is 0 Å². The zero-order chi connectivity index (χ0) is 20.6. The predicted molar refractivity (Wildman–Crippen MR) is 114 cm³/mol. The number of methoxy groups -OCH3 is 1. The molecular weight excluding hydrogens is 386 g/mol.